The fourth-order valence-corrected chi connectivity index (χ4v) is 15.7. The number of benzene rings is 14. The number of hydrogen-bond acceptors (Lipinski definition) is 4. The molecule has 94 heavy (non-hydrogen) atoms. The molecule has 446 valence electrons. The number of nitrogens with zero attached hydrogens (tertiary/aromatic N) is 2. The predicted molar refractivity (Wildman–Crippen MR) is 393 cm³/mol. The normalized spacial score (nSPS) is 13.3. The smallest absolute Gasteiger partial charge is 0.136 e. The molecule has 2 aromatic heterocycles. The largest absolute Gasteiger partial charge is 0.456 e. The minimum atomic E-state index is -0.189. The van der Waals surface area contributed by atoms with E-state index in [0.717, 1.165) is 111 Å². The van der Waals surface area contributed by atoms with Gasteiger partial charge in [-0.2, -0.15) is 0 Å². The molecule has 14 aromatic carbocycles. The maximum Gasteiger partial charge on any atom is 0.136 e. The lowest BCUT2D eigenvalue weighted by atomic mass is 9.82. The molecule has 0 saturated carbocycles. The van der Waals surface area contributed by atoms with Crippen LogP contribution in [-0.4, -0.2) is 0 Å². The molecule has 0 unspecified atom stereocenters. The van der Waals surface area contributed by atoms with Crippen molar-refractivity contribution in [1.29, 1.82) is 0 Å². The molecule has 4 nitrogen and oxygen atoms in total. The number of hydrogen-bond donors (Lipinski definition) is 0. The van der Waals surface area contributed by atoms with Crippen molar-refractivity contribution in [3.8, 4) is 77.9 Å². The number of anilines is 6. The van der Waals surface area contributed by atoms with Crippen LogP contribution in [0, 0.1) is 0 Å². The van der Waals surface area contributed by atoms with Crippen molar-refractivity contribution in [1.82, 2.24) is 0 Å². The summed E-state index contributed by atoms with van der Waals surface area (Å²) in [4.78, 5) is 4.87. The van der Waals surface area contributed by atoms with E-state index in [4.69, 9.17) is 8.83 Å². The topological polar surface area (TPSA) is 32.8 Å². The molecule has 4 heteroatoms. The predicted octanol–water partition coefficient (Wildman–Crippen LogP) is 25.4. The molecule has 0 atom stereocenters. The van der Waals surface area contributed by atoms with E-state index >= 15 is 0 Å². The van der Waals surface area contributed by atoms with Crippen molar-refractivity contribution in [3.63, 3.8) is 0 Å². The molecule has 0 fully saturated rings. The van der Waals surface area contributed by atoms with Gasteiger partial charge in [-0.1, -0.05) is 240 Å². The molecule has 0 amide bonds. The summed E-state index contributed by atoms with van der Waals surface area (Å²) in [5, 5.41) is 4.27. The van der Waals surface area contributed by atoms with Crippen molar-refractivity contribution >= 4 is 78.0 Å². The van der Waals surface area contributed by atoms with Crippen molar-refractivity contribution in [2.75, 3.05) is 9.80 Å². The second-order valence-electron chi connectivity index (χ2n) is 26.3. The van der Waals surface area contributed by atoms with E-state index in [-0.39, 0.29) is 10.8 Å². The zero-order valence-electron chi connectivity index (χ0n) is 52.7. The second kappa shape index (κ2) is 21.4. The first-order valence-corrected chi connectivity index (χ1v) is 32.6. The molecule has 2 heterocycles. The Morgan fingerprint density at radius 3 is 1.13 bits per heavy atom. The van der Waals surface area contributed by atoms with Gasteiger partial charge in [-0.15, -0.1) is 0 Å². The molecule has 0 saturated heterocycles. The van der Waals surface area contributed by atoms with Gasteiger partial charge in [0.1, 0.15) is 22.3 Å². The highest BCUT2D eigenvalue weighted by Gasteiger charge is 2.39. The number of para-hydroxylation sites is 2. The highest BCUT2D eigenvalue weighted by atomic mass is 16.3. The van der Waals surface area contributed by atoms with E-state index in [1.54, 1.807) is 0 Å². The van der Waals surface area contributed by atoms with Gasteiger partial charge < -0.3 is 18.6 Å². The SMILES string of the molecule is CC1(C)c2ccccc2-c2ccc(N(c3ccc(-c4c(-c5ccc6oc7ccccc7c6c5-c5ccc(N(c6ccc(-c7ccccc7)cc6)c6ccc(-c7ccccc7)cc6)cc5)ccc5oc6ccccc6c45)cc3)c3cccc4c3-c3ccccc3C4(C)C)cc21. The lowest BCUT2D eigenvalue weighted by Gasteiger charge is -2.30. The van der Waals surface area contributed by atoms with E-state index in [1.165, 1.54) is 66.8 Å². The first kappa shape index (κ1) is 55.1. The molecule has 0 radical (unpaired) electrons. The maximum atomic E-state index is 6.82. The Morgan fingerprint density at radius 2 is 0.606 bits per heavy atom. The third kappa shape index (κ3) is 8.67. The molecule has 18 rings (SSSR count). The zero-order chi connectivity index (χ0) is 62.8. The summed E-state index contributed by atoms with van der Waals surface area (Å²) in [5.74, 6) is 0. The van der Waals surface area contributed by atoms with Crippen LogP contribution in [0.5, 0.6) is 0 Å². The summed E-state index contributed by atoms with van der Waals surface area (Å²) in [7, 11) is 0. The highest BCUT2D eigenvalue weighted by Crippen LogP contribution is 2.57. The van der Waals surface area contributed by atoms with Gasteiger partial charge in [-0.25, -0.2) is 0 Å². The van der Waals surface area contributed by atoms with E-state index in [2.05, 4.69) is 353 Å². The molecule has 2 aliphatic rings. The summed E-state index contributed by atoms with van der Waals surface area (Å²) >= 11 is 0. The summed E-state index contributed by atoms with van der Waals surface area (Å²) in [6.07, 6.45) is 0. The van der Waals surface area contributed by atoms with Crippen molar-refractivity contribution < 1.29 is 8.83 Å². The van der Waals surface area contributed by atoms with Gasteiger partial charge in [0.15, 0.2) is 0 Å². The maximum absolute atomic E-state index is 6.82. The standard InChI is InChI=1S/C90H64N2O2/c1-89(2)76-29-16-12-25-72(76)86-77(89)30-19-31-79(86)92(67-50-51-69-68-24-11-15-28-75(68)90(3,4)78(69)56-67)66-48-40-62(41-49-66)85-71(53-55-83-88(85)74-27-14-18-33-81(74)94-83)70-52-54-82-87(73-26-13-17-32-80(73)93-82)84(70)61-38-46-65(47-39-61)91(63-42-34-59(35-43-63)57-20-7-5-8-21-57)64-44-36-60(37-45-64)58-22-9-6-10-23-58/h5-56H,1-4H3. The average Bonchev–Trinajstić information content (AvgIpc) is 1.55. The summed E-state index contributed by atoms with van der Waals surface area (Å²) in [5.41, 5.74) is 31.3. The molecule has 0 spiro atoms. The first-order chi connectivity index (χ1) is 46.1. The van der Waals surface area contributed by atoms with Crippen LogP contribution in [0.3, 0.4) is 0 Å². The molecule has 0 aliphatic heterocycles. The lowest BCUT2D eigenvalue weighted by molar-refractivity contribution is 0.660. The average molecular weight is 1210 g/mol. The van der Waals surface area contributed by atoms with Crippen LogP contribution >= 0.6 is 0 Å². The van der Waals surface area contributed by atoms with Gasteiger partial charge in [0.05, 0.1) is 5.69 Å². The monoisotopic (exact) mass is 1200 g/mol. The Labute approximate surface area is 547 Å². The minimum absolute atomic E-state index is 0.180. The van der Waals surface area contributed by atoms with Crippen molar-refractivity contribution in [2.45, 2.75) is 38.5 Å². The molecule has 16 aromatic rings. The van der Waals surface area contributed by atoms with Crippen LogP contribution in [-0.2, 0) is 10.8 Å². The molecule has 0 N–H and O–H groups in total. The summed E-state index contributed by atoms with van der Waals surface area (Å²) < 4.78 is 13.6. The van der Waals surface area contributed by atoms with Gasteiger partial charge in [-0.3, -0.25) is 0 Å². The Hall–Kier alpha value is -11.7. The first-order valence-electron chi connectivity index (χ1n) is 32.6. The second-order valence-corrected chi connectivity index (χ2v) is 26.3. The Balaban J connectivity index is 0.815. The number of rotatable bonds is 11. The number of fused-ring (bicyclic) bond motifs is 12. The molecule has 2 aliphatic carbocycles. The van der Waals surface area contributed by atoms with Crippen LogP contribution < -0.4 is 9.80 Å². The zero-order valence-corrected chi connectivity index (χ0v) is 52.7. The van der Waals surface area contributed by atoms with Gasteiger partial charge in [-0.05, 0) is 187 Å². The lowest BCUT2D eigenvalue weighted by Crippen LogP contribution is -2.17. The van der Waals surface area contributed by atoms with Crippen molar-refractivity contribution in [2.24, 2.45) is 0 Å². The third-order valence-electron chi connectivity index (χ3n) is 20.3. The van der Waals surface area contributed by atoms with E-state index < -0.39 is 0 Å². The van der Waals surface area contributed by atoms with E-state index in [0.29, 0.717) is 0 Å². The molecular formula is C90H64N2O2. The van der Waals surface area contributed by atoms with Gasteiger partial charge in [0.2, 0.25) is 0 Å². The van der Waals surface area contributed by atoms with Gasteiger partial charge >= 0.3 is 0 Å². The Kier molecular flexibility index (Phi) is 12.6. The summed E-state index contributed by atoms with van der Waals surface area (Å²) in [6.45, 7) is 9.49. The molecule has 0 bridgehead atoms. The highest BCUT2D eigenvalue weighted by molar-refractivity contribution is 6.20. The van der Waals surface area contributed by atoms with Crippen LogP contribution in [0.1, 0.15) is 49.9 Å². The third-order valence-corrected chi connectivity index (χ3v) is 20.3. The van der Waals surface area contributed by atoms with E-state index in [1.807, 2.05) is 0 Å². The van der Waals surface area contributed by atoms with Gasteiger partial charge in [0.25, 0.3) is 0 Å². The molecular weight excluding hydrogens is 1140 g/mol. The van der Waals surface area contributed by atoms with Crippen LogP contribution in [0.25, 0.3) is 122 Å². The quantitative estimate of drug-likeness (QED) is 0.129. The van der Waals surface area contributed by atoms with Crippen LogP contribution in [0.15, 0.2) is 324 Å². The fourth-order valence-electron chi connectivity index (χ4n) is 15.7. The van der Waals surface area contributed by atoms with Crippen molar-refractivity contribution in [3.05, 3.63) is 338 Å². The van der Waals surface area contributed by atoms with Crippen LogP contribution in [0.4, 0.5) is 34.1 Å². The van der Waals surface area contributed by atoms with E-state index in [9.17, 15) is 0 Å². The van der Waals surface area contributed by atoms with Crippen LogP contribution in [0.2, 0.25) is 0 Å². The summed E-state index contributed by atoms with van der Waals surface area (Å²) in [6, 6.07) is 115. The number of furan rings is 2. The Bertz CT molecular complexity index is 5560. The Morgan fingerprint density at radius 1 is 0.234 bits per heavy atom. The fraction of sp³-hybridized carbons (Fsp3) is 0.0667. The minimum Gasteiger partial charge on any atom is -0.456 e. The van der Waals surface area contributed by atoms with Gasteiger partial charge in [0, 0.05) is 77.5 Å².